The zero-order valence-electron chi connectivity index (χ0n) is 46.9. The highest BCUT2D eigenvalue weighted by Gasteiger charge is 2.31. The first-order valence-corrected chi connectivity index (χ1v) is 25.3. The lowest BCUT2D eigenvalue weighted by Crippen LogP contribution is -2.56. The lowest BCUT2D eigenvalue weighted by atomic mass is 9.60. The molecule has 9 rings (SSSR count). The molecule has 0 bridgehead atoms. The number of rotatable bonds is 3. The minimum Gasteiger partial charge on any atom is -0.312 e. The van der Waals surface area contributed by atoms with Crippen LogP contribution in [0.15, 0.2) is 0 Å². The van der Waals surface area contributed by atoms with E-state index in [1.165, 1.54) is 219 Å². The van der Waals surface area contributed by atoms with E-state index in [-0.39, 0.29) is 0 Å². The number of nitrogens with zero attached hydrogens (tertiary/aromatic N) is 2. The molecule has 0 atom stereocenters. The van der Waals surface area contributed by atoms with Crippen molar-refractivity contribution >= 4 is 400 Å². The number of benzene rings is 7. The summed E-state index contributed by atoms with van der Waals surface area (Å²) >= 11 is 0. The summed E-state index contributed by atoms with van der Waals surface area (Å²) in [5, 5.41) is 8.49. The SMILES string of the molecule is Bc1c(B)c(B)c(-n2c3c(B)c(B)c(B)c(B)c3c3c(B)c(-c4c(B)c(B)c5c(c4B)c4c6c(B)c(B)c(B)c(B)c6c(B)c(B)c4n5-c4c(B)c(B)c(B)c(B)c4B)c(B)c(B)c32)c(B)c1B. The van der Waals surface area contributed by atoms with Gasteiger partial charge in [-0.25, -0.2) is 0 Å². The molecule has 0 aliphatic rings. The van der Waals surface area contributed by atoms with Crippen LogP contribution in [0.1, 0.15) is 0 Å². The predicted octanol–water partition coefficient (Wildman–Crippen LogP) is -34.6. The lowest BCUT2D eigenvalue weighted by Gasteiger charge is -2.26. The zero-order chi connectivity index (χ0) is 50.2. The summed E-state index contributed by atoms with van der Waals surface area (Å²) in [7, 11) is 61.7. The van der Waals surface area contributed by atoms with E-state index >= 15 is 0 Å². The van der Waals surface area contributed by atoms with Gasteiger partial charge in [0.05, 0.1) is 0 Å². The van der Waals surface area contributed by atoms with E-state index in [0.29, 0.717) is 0 Å². The highest BCUT2D eigenvalue weighted by atomic mass is 15.0. The lowest BCUT2D eigenvalue weighted by molar-refractivity contribution is 1.22. The van der Waals surface area contributed by atoms with Crippen molar-refractivity contribution in [3.05, 3.63) is 0 Å². The molecule has 2 aromatic heterocycles. The van der Waals surface area contributed by atoms with Gasteiger partial charge in [-0.2, -0.15) is 0 Å². The minimum absolute atomic E-state index is 1.35. The van der Waals surface area contributed by atoms with E-state index < -0.39 is 0 Å². The largest absolute Gasteiger partial charge is 0.312 e. The molecule has 0 spiro atoms. The Hall–Kier alpha value is -3.91. The van der Waals surface area contributed by atoms with Crippen molar-refractivity contribution in [2.75, 3.05) is 0 Å². The molecule has 2 heterocycles. The molecule has 0 N–H and O–H groups in total. The van der Waals surface area contributed by atoms with Crippen molar-refractivity contribution < 1.29 is 0 Å². The van der Waals surface area contributed by atoms with E-state index in [1.54, 1.807) is 0 Å². The van der Waals surface area contributed by atoms with E-state index in [4.69, 9.17) is 0 Å². The van der Waals surface area contributed by atoms with Crippen LogP contribution >= 0.6 is 0 Å². The van der Waals surface area contributed by atoms with Crippen molar-refractivity contribution in [2.24, 2.45) is 0 Å². The Morgan fingerprint density at radius 2 is 0.353 bits per heavy atom. The van der Waals surface area contributed by atoms with Crippen LogP contribution in [-0.4, -0.2) is 213 Å². The van der Waals surface area contributed by atoms with Crippen molar-refractivity contribution in [1.82, 2.24) is 9.13 Å². The van der Waals surface area contributed by atoms with Crippen LogP contribution in [0.2, 0.25) is 0 Å². The Morgan fingerprint density at radius 3 is 0.721 bits per heavy atom. The molecule has 0 aliphatic heterocycles. The Kier molecular flexibility index (Phi) is 11.8. The first-order chi connectivity index (χ1) is 31.7. The summed E-state index contributed by atoms with van der Waals surface area (Å²) in [6.45, 7) is 0. The highest BCUT2D eigenvalue weighted by molar-refractivity contribution is 6.76. The van der Waals surface area contributed by atoms with Crippen molar-refractivity contribution in [3.8, 4) is 22.5 Å². The third kappa shape index (κ3) is 6.03. The van der Waals surface area contributed by atoms with Gasteiger partial charge in [-0.3, -0.25) is 0 Å². The molecule has 0 unspecified atom stereocenters. The summed E-state index contributed by atoms with van der Waals surface area (Å²) in [5.74, 6) is 0. The molecular weight excluding hydrogens is 790 g/mol. The summed E-state index contributed by atoms with van der Waals surface area (Å²) in [6, 6.07) is 0. The molecule has 0 saturated heterocycles. The van der Waals surface area contributed by atoms with Crippen LogP contribution in [0.25, 0.3) is 76.9 Å². The smallest absolute Gasteiger partial charge is 0.141 e. The van der Waals surface area contributed by atoms with Crippen LogP contribution in [0.4, 0.5) is 0 Å². The molecule has 0 fully saturated rings. The van der Waals surface area contributed by atoms with Gasteiger partial charge in [0.2, 0.25) is 0 Å². The van der Waals surface area contributed by atoms with Gasteiger partial charge in [0, 0.05) is 49.6 Å². The molecule has 9 aromatic rings. The molecular formula is C40H52B26N2. The second-order valence-electron chi connectivity index (χ2n) is 22.0. The topological polar surface area (TPSA) is 9.86 Å². The van der Waals surface area contributed by atoms with Crippen LogP contribution in [0.3, 0.4) is 0 Å². The quantitative estimate of drug-likeness (QED) is 0.157. The molecule has 0 radical (unpaired) electrons. The van der Waals surface area contributed by atoms with Crippen molar-refractivity contribution in [3.63, 3.8) is 0 Å². The molecule has 68 heavy (non-hydrogen) atoms. The molecule has 0 amide bonds. The van der Waals surface area contributed by atoms with Crippen LogP contribution in [-0.2, 0) is 0 Å². The Morgan fingerprint density at radius 1 is 0.147 bits per heavy atom. The van der Waals surface area contributed by atoms with Gasteiger partial charge in [0.25, 0.3) is 0 Å². The monoisotopic (exact) mass is 847 g/mol. The number of fused-ring (bicyclic) bond motifs is 8. The summed E-state index contributed by atoms with van der Waals surface area (Å²) in [4.78, 5) is 0. The maximum atomic E-state index is 2.74. The van der Waals surface area contributed by atoms with E-state index in [2.05, 4.69) is 213 Å². The van der Waals surface area contributed by atoms with E-state index in [9.17, 15) is 0 Å². The van der Waals surface area contributed by atoms with E-state index in [0.717, 1.165) is 0 Å². The van der Waals surface area contributed by atoms with E-state index in [1.807, 2.05) is 0 Å². The normalized spacial score (nSPS) is 11.9. The molecule has 0 aliphatic carbocycles. The predicted molar refractivity (Wildman–Crippen MR) is 391 cm³/mol. The Balaban J connectivity index is 1.59. The van der Waals surface area contributed by atoms with Gasteiger partial charge in [-0.15, -0.1) is 27.3 Å². The fourth-order valence-corrected chi connectivity index (χ4v) is 13.7. The van der Waals surface area contributed by atoms with Gasteiger partial charge in [-0.05, 0) is 27.3 Å². The molecule has 28 heteroatoms. The first kappa shape index (κ1) is 49.1. The highest BCUT2D eigenvalue weighted by Crippen LogP contribution is 2.34. The number of hydrogen-bond acceptors (Lipinski definition) is 0. The third-order valence-electron chi connectivity index (χ3n) is 19.7. The fraction of sp³-hybridized carbons (Fsp3) is 0. The van der Waals surface area contributed by atoms with Gasteiger partial charge in [-0.1, -0.05) is 115 Å². The van der Waals surface area contributed by atoms with Crippen molar-refractivity contribution in [1.29, 1.82) is 0 Å². The molecule has 7 aromatic carbocycles. The van der Waals surface area contributed by atoms with Crippen LogP contribution in [0, 0.1) is 0 Å². The fourth-order valence-electron chi connectivity index (χ4n) is 13.7. The standard InChI is InChI=1S/C40H52B26N2/c41-9-4(5-10(42)7-8-16(48)19(51)22(54)30(62)38(8)68(37(7)29(61)15(5)47)40-33(65)25(57)21(53)26(58)34(40)66)14(46)28(60)36-6(9)2-1-3(12(44)18(50)17(49)11(1)43)13(45)27(59)35(2)67(36)39-31(63)23(55)20(52)24(56)32(39)64/h41-66H2. The summed E-state index contributed by atoms with van der Waals surface area (Å²) in [5.41, 5.74) is 47.0. The zero-order valence-corrected chi connectivity index (χ0v) is 46.9. The average Bonchev–Trinajstić information content (AvgIpc) is 3.84. The maximum Gasteiger partial charge on any atom is 0.141 e. The van der Waals surface area contributed by atoms with Gasteiger partial charge >= 0.3 is 0 Å². The second-order valence-corrected chi connectivity index (χ2v) is 22.0. The maximum absolute atomic E-state index is 2.74. The summed E-state index contributed by atoms with van der Waals surface area (Å²) in [6.07, 6.45) is 0. The van der Waals surface area contributed by atoms with Gasteiger partial charge < -0.3 is 9.13 Å². The number of aromatic nitrogens is 2. The average molecular weight is 842 g/mol. The Bertz CT molecular complexity index is 3870. The second kappa shape index (κ2) is 16.3. The number of hydrogen-bond donors (Lipinski definition) is 0. The first-order valence-electron chi connectivity index (χ1n) is 25.3. The van der Waals surface area contributed by atoms with Crippen LogP contribution in [0.5, 0.6) is 0 Å². The van der Waals surface area contributed by atoms with Gasteiger partial charge in [0.1, 0.15) is 204 Å². The molecule has 0 saturated carbocycles. The Labute approximate surface area is 429 Å². The third-order valence-corrected chi connectivity index (χ3v) is 19.7. The summed E-state index contributed by atoms with van der Waals surface area (Å²) < 4.78 is 5.46. The minimum atomic E-state index is 1.35. The van der Waals surface area contributed by atoms with Gasteiger partial charge in [0.15, 0.2) is 0 Å². The molecule has 2 nitrogen and oxygen atoms in total. The van der Waals surface area contributed by atoms with Crippen LogP contribution < -0.4 is 142 Å². The molecule has 300 valence electrons. The van der Waals surface area contributed by atoms with Crippen molar-refractivity contribution in [2.45, 2.75) is 0 Å².